The van der Waals surface area contributed by atoms with Gasteiger partial charge in [0.05, 0.1) is 21.8 Å². The highest BCUT2D eigenvalue weighted by atomic mass is 35.5. The molecule has 4 nitrogen and oxygen atoms in total. The topological polar surface area (TPSA) is 75.4 Å². The second-order valence-corrected chi connectivity index (χ2v) is 4.96. The number of amides is 1. The molecule has 1 aliphatic carbocycles. The lowest BCUT2D eigenvalue weighted by atomic mass is 9.89. The van der Waals surface area contributed by atoms with Gasteiger partial charge in [-0.1, -0.05) is 23.2 Å². The monoisotopic (exact) mass is 274 g/mol. The minimum absolute atomic E-state index is 0.0209. The molecule has 92 valence electrons. The number of nitrogens with one attached hydrogen (secondary N) is 1. The standard InChI is InChI=1S/C11H12Cl2N2O2/c12-8-1-5(2-9(13)10(8)14)11(17)15-6-3-7(16)4-6/h1-2,6-7,16H,3-4,14H2,(H,15,17). The molecule has 0 radical (unpaired) electrons. The summed E-state index contributed by atoms with van der Waals surface area (Å²) < 4.78 is 0. The smallest absolute Gasteiger partial charge is 0.251 e. The SMILES string of the molecule is Nc1c(Cl)cc(C(=O)NC2CC(O)C2)cc1Cl. The largest absolute Gasteiger partial charge is 0.396 e. The molecule has 1 saturated carbocycles. The van der Waals surface area contributed by atoms with Crippen molar-refractivity contribution in [1.82, 2.24) is 5.32 Å². The van der Waals surface area contributed by atoms with Crippen LogP contribution in [0, 0.1) is 0 Å². The van der Waals surface area contributed by atoms with Gasteiger partial charge in [-0.3, -0.25) is 4.79 Å². The zero-order valence-corrected chi connectivity index (χ0v) is 10.4. The van der Waals surface area contributed by atoms with Crippen LogP contribution in [0.2, 0.25) is 10.0 Å². The maximum Gasteiger partial charge on any atom is 0.251 e. The third-order valence-corrected chi connectivity index (χ3v) is 3.42. The number of nitrogens with two attached hydrogens (primary N) is 1. The molecule has 1 amide bonds. The minimum Gasteiger partial charge on any atom is -0.396 e. The molecule has 1 fully saturated rings. The molecular formula is C11H12Cl2N2O2. The number of rotatable bonds is 2. The number of hydrogen-bond acceptors (Lipinski definition) is 3. The molecule has 1 aromatic rings. The molecule has 6 heteroatoms. The van der Waals surface area contributed by atoms with Crippen molar-refractivity contribution in [2.45, 2.75) is 25.0 Å². The molecule has 1 aliphatic rings. The summed E-state index contributed by atoms with van der Waals surface area (Å²) in [7, 11) is 0. The molecule has 17 heavy (non-hydrogen) atoms. The van der Waals surface area contributed by atoms with Crippen LogP contribution in [0.4, 0.5) is 5.69 Å². The van der Waals surface area contributed by atoms with Crippen LogP contribution in [-0.4, -0.2) is 23.2 Å². The summed E-state index contributed by atoms with van der Waals surface area (Å²) in [5.41, 5.74) is 6.22. The van der Waals surface area contributed by atoms with Crippen LogP contribution < -0.4 is 11.1 Å². The van der Waals surface area contributed by atoms with E-state index in [2.05, 4.69) is 5.32 Å². The molecule has 0 aromatic heterocycles. The van der Waals surface area contributed by atoms with Crippen molar-refractivity contribution in [2.75, 3.05) is 5.73 Å². The fourth-order valence-corrected chi connectivity index (χ4v) is 2.18. The Hall–Kier alpha value is -0.970. The number of nitrogen functional groups attached to an aromatic ring is 1. The van der Waals surface area contributed by atoms with E-state index in [-0.39, 0.29) is 33.8 Å². The number of carbonyl (C=O) groups excluding carboxylic acids is 1. The zero-order valence-electron chi connectivity index (χ0n) is 8.91. The first-order valence-corrected chi connectivity index (χ1v) is 5.96. The summed E-state index contributed by atoms with van der Waals surface area (Å²) in [6.07, 6.45) is 0.864. The second-order valence-electron chi connectivity index (χ2n) is 4.15. The van der Waals surface area contributed by atoms with Gasteiger partial charge in [-0.05, 0) is 25.0 Å². The molecule has 0 heterocycles. The van der Waals surface area contributed by atoms with Gasteiger partial charge in [-0.25, -0.2) is 0 Å². The summed E-state index contributed by atoms with van der Waals surface area (Å²) in [4.78, 5) is 11.8. The summed E-state index contributed by atoms with van der Waals surface area (Å²) >= 11 is 11.7. The van der Waals surface area contributed by atoms with E-state index in [4.69, 9.17) is 34.0 Å². The highest BCUT2D eigenvalue weighted by molar-refractivity contribution is 6.39. The van der Waals surface area contributed by atoms with E-state index in [1.807, 2.05) is 0 Å². The number of halogens is 2. The fourth-order valence-electron chi connectivity index (χ4n) is 1.69. The Balaban J connectivity index is 2.09. The molecular weight excluding hydrogens is 263 g/mol. The Kier molecular flexibility index (Phi) is 3.47. The van der Waals surface area contributed by atoms with Gasteiger partial charge in [0.2, 0.25) is 0 Å². The average molecular weight is 275 g/mol. The van der Waals surface area contributed by atoms with Gasteiger partial charge in [-0.15, -0.1) is 0 Å². The molecule has 0 atom stereocenters. The van der Waals surface area contributed by atoms with E-state index in [1.165, 1.54) is 12.1 Å². The van der Waals surface area contributed by atoms with Crippen LogP contribution in [0.1, 0.15) is 23.2 Å². The van der Waals surface area contributed by atoms with Gasteiger partial charge in [-0.2, -0.15) is 0 Å². The van der Waals surface area contributed by atoms with Crippen LogP contribution in [0.25, 0.3) is 0 Å². The Bertz CT molecular complexity index is 436. The van der Waals surface area contributed by atoms with Crippen LogP contribution in [-0.2, 0) is 0 Å². The molecule has 4 N–H and O–H groups in total. The minimum atomic E-state index is -0.307. The first-order valence-electron chi connectivity index (χ1n) is 5.21. The lowest BCUT2D eigenvalue weighted by molar-refractivity contribution is 0.0562. The van der Waals surface area contributed by atoms with Crippen molar-refractivity contribution in [3.8, 4) is 0 Å². The summed E-state index contributed by atoms with van der Waals surface area (Å²) in [5.74, 6) is -0.259. The lowest BCUT2D eigenvalue weighted by Gasteiger charge is -2.31. The van der Waals surface area contributed by atoms with E-state index in [9.17, 15) is 4.79 Å². The van der Waals surface area contributed by atoms with Gasteiger partial charge >= 0.3 is 0 Å². The van der Waals surface area contributed by atoms with Crippen LogP contribution in [0.5, 0.6) is 0 Å². The average Bonchev–Trinajstić information content (AvgIpc) is 2.23. The number of aliphatic hydroxyl groups is 1. The third-order valence-electron chi connectivity index (χ3n) is 2.79. The van der Waals surface area contributed by atoms with Gasteiger partial charge in [0.15, 0.2) is 0 Å². The van der Waals surface area contributed by atoms with Gasteiger partial charge in [0.25, 0.3) is 5.91 Å². The van der Waals surface area contributed by atoms with Crippen molar-refractivity contribution in [3.63, 3.8) is 0 Å². The normalized spacial score (nSPS) is 23.0. The molecule has 0 spiro atoms. The highest BCUT2D eigenvalue weighted by Crippen LogP contribution is 2.29. The molecule has 0 saturated heterocycles. The quantitative estimate of drug-likeness (QED) is 0.721. The van der Waals surface area contributed by atoms with Crippen molar-refractivity contribution in [2.24, 2.45) is 0 Å². The molecule has 0 aliphatic heterocycles. The lowest BCUT2D eigenvalue weighted by Crippen LogP contribution is -2.46. The first-order chi connectivity index (χ1) is 7.97. The number of anilines is 1. The second kappa shape index (κ2) is 4.72. The summed E-state index contributed by atoms with van der Waals surface area (Å²) in [6, 6.07) is 2.98. The summed E-state index contributed by atoms with van der Waals surface area (Å²) in [5, 5.41) is 12.4. The van der Waals surface area contributed by atoms with Crippen molar-refractivity contribution < 1.29 is 9.90 Å². The van der Waals surface area contributed by atoms with Crippen LogP contribution in [0.15, 0.2) is 12.1 Å². The van der Waals surface area contributed by atoms with Crippen molar-refractivity contribution in [3.05, 3.63) is 27.7 Å². The van der Waals surface area contributed by atoms with Gasteiger partial charge in [0, 0.05) is 11.6 Å². The Morgan fingerprint density at radius 1 is 1.35 bits per heavy atom. The van der Waals surface area contributed by atoms with Gasteiger partial charge in [0.1, 0.15) is 0 Å². The number of benzene rings is 1. The van der Waals surface area contributed by atoms with Gasteiger partial charge < -0.3 is 16.2 Å². The Morgan fingerprint density at radius 2 is 1.88 bits per heavy atom. The Morgan fingerprint density at radius 3 is 2.35 bits per heavy atom. The zero-order chi connectivity index (χ0) is 12.6. The number of hydrogen-bond donors (Lipinski definition) is 3. The van der Waals surface area contributed by atoms with E-state index in [0.29, 0.717) is 18.4 Å². The van der Waals surface area contributed by atoms with Crippen molar-refractivity contribution >= 4 is 34.8 Å². The fraction of sp³-hybridized carbons (Fsp3) is 0.364. The number of carbonyl (C=O) groups is 1. The molecule has 0 unspecified atom stereocenters. The molecule has 1 aromatic carbocycles. The van der Waals surface area contributed by atoms with Crippen molar-refractivity contribution in [1.29, 1.82) is 0 Å². The van der Waals surface area contributed by atoms with E-state index < -0.39 is 0 Å². The van der Waals surface area contributed by atoms with E-state index >= 15 is 0 Å². The highest BCUT2D eigenvalue weighted by Gasteiger charge is 2.28. The predicted octanol–water partition coefficient (Wildman–Crippen LogP) is 1.83. The molecule has 2 rings (SSSR count). The first kappa shape index (κ1) is 12.5. The predicted molar refractivity (Wildman–Crippen MR) is 67.4 cm³/mol. The third kappa shape index (κ3) is 2.65. The van der Waals surface area contributed by atoms with Crippen LogP contribution in [0.3, 0.4) is 0 Å². The maximum atomic E-state index is 11.8. The van der Waals surface area contributed by atoms with Crippen LogP contribution >= 0.6 is 23.2 Å². The maximum absolute atomic E-state index is 11.8. The summed E-state index contributed by atoms with van der Waals surface area (Å²) in [6.45, 7) is 0. The van der Waals surface area contributed by atoms with E-state index in [1.54, 1.807) is 0 Å². The number of aliphatic hydroxyl groups excluding tert-OH is 1. The Labute approximate surface area is 109 Å². The molecule has 0 bridgehead atoms. The van der Waals surface area contributed by atoms with E-state index in [0.717, 1.165) is 0 Å².